The lowest BCUT2D eigenvalue weighted by atomic mass is 10.0. The van der Waals surface area contributed by atoms with Crippen molar-refractivity contribution in [3.63, 3.8) is 0 Å². The summed E-state index contributed by atoms with van der Waals surface area (Å²) in [6, 6.07) is 5.75. The Bertz CT molecular complexity index is 880. The lowest BCUT2D eigenvalue weighted by molar-refractivity contribution is 0.00157. The number of carbonyl (C=O) groups excluding carboxylic acids is 1. The largest absolute Gasteiger partial charge is 0.497 e. The smallest absolute Gasteiger partial charge is 0.259 e. The van der Waals surface area contributed by atoms with Crippen LogP contribution in [0, 0.1) is 0 Å². The molecule has 2 saturated heterocycles. The summed E-state index contributed by atoms with van der Waals surface area (Å²) in [6.45, 7) is 4.85. The number of nitrogens with zero attached hydrogens (tertiary/aromatic N) is 2. The minimum Gasteiger partial charge on any atom is -0.497 e. The van der Waals surface area contributed by atoms with Gasteiger partial charge in [-0.1, -0.05) is 0 Å². The van der Waals surface area contributed by atoms with E-state index in [0.29, 0.717) is 35.8 Å². The minimum atomic E-state index is -0.247. The third kappa shape index (κ3) is 3.57. The van der Waals surface area contributed by atoms with Crippen LogP contribution in [0.3, 0.4) is 0 Å². The highest BCUT2D eigenvalue weighted by Gasteiger charge is 2.29. The van der Waals surface area contributed by atoms with Crippen LogP contribution >= 0.6 is 0 Å². The van der Waals surface area contributed by atoms with Gasteiger partial charge in [0.1, 0.15) is 11.3 Å². The van der Waals surface area contributed by atoms with Crippen molar-refractivity contribution in [1.29, 1.82) is 0 Å². The topological polar surface area (TPSA) is 74.9 Å². The number of aromatic amines is 1. The number of piperidine rings is 1. The van der Waals surface area contributed by atoms with Crippen molar-refractivity contribution in [3.05, 3.63) is 40.2 Å². The highest BCUT2D eigenvalue weighted by Crippen LogP contribution is 2.20. The highest BCUT2D eigenvalue weighted by molar-refractivity contribution is 5.97. The highest BCUT2D eigenvalue weighted by atomic mass is 16.5. The molecule has 1 aromatic carbocycles. The zero-order valence-electron chi connectivity index (χ0n) is 15.6. The Morgan fingerprint density at radius 1 is 1.19 bits per heavy atom. The van der Waals surface area contributed by atoms with Gasteiger partial charge in [0.2, 0.25) is 5.43 Å². The van der Waals surface area contributed by atoms with Crippen LogP contribution < -0.4 is 10.2 Å². The molecule has 1 amide bonds. The molecule has 0 saturated carbocycles. The Labute approximate surface area is 157 Å². The van der Waals surface area contributed by atoms with E-state index in [1.54, 1.807) is 30.2 Å². The number of nitrogens with one attached hydrogen (secondary N) is 1. The minimum absolute atomic E-state index is 0.193. The van der Waals surface area contributed by atoms with Crippen molar-refractivity contribution in [2.45, 2.75) is 18.9 Å². The number of rotatable bonds is 3. The van der Waals surface area contributed by atoms with Crippen molar-refractivity contribution in [2.24, 2.45) is 0 Å². The second-order valence-corrected chi connectivity index (χ2v) is 7.11. The molecule has 4 rings (SSSR count). The number of benzene rings is 1. The summed E-state index contributed by atoms with van der Waals surface area (Å²) in [5, 5.41) is 0.475. The lowest BCUT2D eigenvalue weighted by Crippen LogP contribution is -2.50. The van der Waals surface area contributed by atoms with Gasteiger partial charge in [0.15, 0.2) is 0 Å². The normalized spacial score (nSPS) is 19.4. The molecule has 2 fully saturated rings. The van der Waals surface area contributed by atoms with Gasteiger partial charge in [-0.15, -0.1) is 0 Å². The van der Waals surface area contributed by atoms with Gasteiger partial charge in [-0.25, -0.2) is 0 Å². The van der Waals surface area contributed by atoms with E-state index in [4.69, 9.17) is 9.47 Å². The van der Waals surface area contributed by atoms with E-state index < -0.39 is 0 Å². The number of carbonyl (C=O) groups is 1. The van der Waals surface area contributed by atoms with E-state index in [1.165, 1.54) is 6.20 Å². The number of methoxy groups -OCH3 is 1. The Balaban J connectivity index is 1.50. The Hall–Kier alpha value is -2.38. The van der Waals surface area contributed by atoms with E-state index in [-0.39, 0.29) is 16.9 Å². The first-order chi connectivity index (χ1) is 13.2. The predicted octanol–water partition coefficient (Wildman–Crippen LogP) is 1.47. The molecule has 144 valence electrons. The molecule has 2 aliphatic heterocycles. The molecule has 0 spiro atoms. The molecule has 1 aromatic heterocycles. The van der Waals surface area contributed by atoms with E-state index in [1.807, 2.05) is 0 Å². The van der Waals surface area contributed by atoms with Crippen LogP contribution in [0.2, 0.25) is 0 Å². The molecule has 0 radical (unpaired) electrons. The molecule has 3 heterocycles. The number of hydrogen-bond donors (Lipinski definition) is 1. The summed E-state index contributed by atoms with van der Waals surface area (Å²) in [5.74, 6) is 0.408. The van der Waals surface area contributed by atoms with Gasteiger partial charge in [-0.2, -0.15) is 0 Å². The number of hydrogen-bond acceptors (Lipinski definition) is 5. The molecule has 0 unspecified atom stereocenters. The number of ether oxygens (including phenoxy) is 2. The van der Waals surface area contributed by atoms with Gasteiger partial charge in [-0.05, 0) is 31.0 Å². The SMILES string of the molecule is COc1ccc2[nH]cc(C(=O)N3CCC(N4CCOCC4)CC3)c(=O)c2c1. The van der Waals surface area contributed by atoms with Gasteiger partial charge < -0.3 is 19.4 Å². The maximum Gasteiger partial charge on any atom is 0.259 e. The number of H-pyrrole nitrogens is 1. The second kappa shape index (κ2) is 7.70. The fourth-order valence-electron chi connectivity index (χ4n) is 4.03. The molecule has 0 aliphatic carbocycles. The van der Waals surface area contributed by atoms with Crippen molar-refractivity contribution >= 4 is 16.8 Å². The Morgan fingerprint density at radius 2 is 1.93 bits per heavy atom. The van der Waals surface area contributed by atoms with E-state index in [2.05, 4.69) is 9.88 Å². The maximum absolute atomic E-state index is 12.9. The number of likely N-dealkylation sites (tertiary alicyclic amines) is 1. The second-order valence-electron chi connectivity index (χ2n) is 7.11. The van der Waals surface area contributed by atoms with E-state index in [9.17, 15) is 9.59 Å². The monoisotopic (exact) mass is 371 g/mol. The summed E-state index contributed by atoms with van der Waals surface area (Å²) in [6.07, 6.45) is 3.41. The van der Waals surface area contributed by atoms with Crippen LogP contribution in [0.1, 0.15) is 23.2 Å². The van der Waals surface area contributed by atoms with Crippen molar-refractivity contribution in [3.8, 4) is 5.75 Å². The zero-order valence-corrected chi connectivity index (χ0v) is 15.6. The van der Waals surface area contributed by atoms with Crippen LogP contribution in [-0.4, -0.2) is 73.2 Å². The number of fused-ring (bicyclic) bond motifs is 1. The van der Waals surface area contributed by atoms with Gasteiger partial charge in [0.25, 0.3) is 5.91 Å². The third-order valence-corrected chi connectivity index (χ3v) is 5.63. The summed E-state index contributed by atoms with van der Waals surface area (Å²) in [4.78, 5) is 33.1. The Kier molecular flexibility index (Phi) is 5.13. The summed E-state index contributed by atoms with van der Waals surface area (Å²) in [7, 11) is 1.56. The standard InChI is InChI=1S/C20H25N3O4/c1-26-15-2-3-18-16(12-15)19(24)17(13-21-18)20(25)23-6-4-14(5-7-23)22-8-10-27-11-9-22/h2-3,12-14H,4-11H2,1H3,(H,21,24). The molecule has 7 nitrogen and oxygen atoms in total. The molecule has 0 bridgehead atoms. The average Bonchev–Trinajstić information content (AvgIpc) is 2.74. The van der Waals surface area contributed by atoms with Gasteiger partial charge >= 0.3 is 0 Å². The van der Waals surface area contributed by atoms with Crippen LogP contribution in [0.5, 0.6) is 5.75 Å². The number of aromatic nitrogens is 1. The van der Waals surface area contributed by atoms with Gasteiger partial charge in [0.05, 0.1) is 20.3 Å². The van der Waals surface area contributed by atoms with Crippen molar-refractivity contribution in [2.75, 3.05) is 46.5 Å². The lowest BCUT2D eigenvalue weighted by Gasteiger charge is -2.40. The first-order valence-electron chi connectivity index (χ1n) is 9.48. The fraction of sp³-hybridized carbons (Fsp3) is 0.500. The third-order valence-electron chi connectivity index (χ3n) is 5.63. The van der Waals surface area contributed by atoms with Gasteiger partial charge in [0, 0.05) is 49.3 Å². The Morgan fingerprint density at radius 3 is 2.63 bits per heavy atom. The molecule has 7 heteroatoms. The molecule has 2 aromatic rings. The molecule has 1 N–H and O–H groups in total. The molecule has 2 aliphatic rings. The van der Waals surface area contributed by atoms with Crippen LogP contribution in [0.4, 0.5) is 0 Å². The summed E-state index contributed by atoms with van der Waals surface area (Å²) >= 11 is 0. The summed E-state index contributed by atoms with van der Waals surface area (Å²) in [5.41, 5.74) is 0.645. The first kappa shape index (κ1) is 18.0. The average molecular weight is 371 g/mol. The van der Waals surface area contributed by atoms with E-state index >= 15 is 0 Å². The molecular weight excluding hydrogens is 346 g/mol. The molecule has 27 heavy (non-hydrogen) atoms. The first-order valence-corrected chi connectivity index (χ1v) is 9.48. The van der Waals surface area contributed by atoms with E-state index in [0.717, 1.165) is 39.1 Å². The molecule has 0 atom stereocenters. The molecular formula is C20H25N3O4. The maximum atomic E-state index is 12.9. The predicted molar refractivity (Wildman–Crippen MR) is 102 cm³/mol. The van der Waals surface area contributed by atoms with Gasteiger partial charge in [-0.3, -0.25) is 14.5 Å². The number of pyridine rings is 1. The van der Waals surface area contributed by atoms with Crippen molar-refractivity contribution in [1.82, 2.24) is 14.8 Å². The fourth-order valence-corrected chi connectivity index (χ4v) is 4.03. The number of morpholine rings is 1. The summed E-state index contributed by atoms with van der Waals surface area (Å²) < 4.78 is 10.6. The quantitative estimate of drug-likeness (QED) is 0.884. The number of amides is 1. The zero-order chi connectivity index (χ0) is 18.8. The van der Waals surface area contributed by atoms with Crippen LogP contribution in [0.25, 0.3) is 10.9 Å². The van der Waals surface area contributed by atoms with Crippen molar-refractivity contribution < 1.29 is 14.3 Å². The van der Waals surface area contributed by atoms with Crippen LogP contribution in [-0.2, 0) is 4.74 Å². The van der Waals surface area contributed by atoms with Crippen LogP contribution in [0.15, 0.2) is 29.2 Å².